The van der Waals surface area contributed by atoms with Gasteiger partial charge in [0.25, 0.3) is 5.56 Å². The quantitative estimate of drug-likeness (QED) is 0.439. The number of fused-ring (bicyclic) bond motifs is 1. The van der Waals surface area contributed by atoms with Crippen LogP contribution in [0.1, 0.15) is 83.5 Å². The van der Waals surface area contributed by atoms with Crippen LogP contribution in [0, 0.1) is 0 Å². The van der Waals surface area contributed by atoms with Crippen LogP contribution in [0.5, 0.6) is 0 Å². The molecule has 0 fully saturated rings. The van der Waals surface area contributed by atoms with E-state index in [1.807, 2.05) is 11.8 Å². The van der Waals surface area contributed by atoms with Crippen LogP contribution in [0.4, 0.5) is 0 Å². The predicted octanol–water partition coefficient (Wildman–Crippen LogP) is 4.97. The molecular weight excluding hydrogens is 412 g/mol. The van der Waals surface area contributed by atoms with Gasteiger partial charge in [0.1, 0.15) is 5.82 Å². The van der Waals surface area contributed by atoms with E-state index in [9.17, 15) is 9.59 Å². The summed E-state index contributed by atoms with van der Waals surface area (Å²) in [7, 11) is 1.72. The van der Waals surface area contributed by atoms with Gasteiger partial charge in [-0.1, -0.05) is 50.6 Å². The van der Waals surface area contributed by atoms with Crippen LogP contribution in [0.15, 0.2) is 23.0 Å². The Hall–Kier alpha value is -1.92. The lowest BCUT2D eigenvalue weighted by Crippen LogP contribution is -2.37. The fourth-order valence-electron chi connectivity index (χ4n) is 3.94. The number of nitrogens with zero attached hydrogens (tertiary/aromatic N) is 3. The van der Waals surface area contributed by atoms with Crippen molar-refractivity contribution in [1.82, 2.24) is 14.5 Å². The van der Waals surface area contributed by atoms with Crippen molar-refractivity contribution in [3.05, 3.63) is 39.4 Å². The van der Waals surface area contributed by atoms with Gasteiger partial charge in [-0.15, -0.1) is 0 Å². The molecule has 1 heterocycles. The lowest BCUT2D eigenvalue weighted by molar-refractivity contribution is -0.133. The minimum Gasteiger partial charge on any atom is -0.333 e. The monoisotopic (exact) mass is 448 g/mol. The summed E-state index contributed by atoms with van der Waals surface area (Å²) in [6.45, 7) is 5.47. The molecule has 6 nitrogen and oxygen atoms in total. The lowest BCUT2D eigenvalue weighted by Gasteiger charge is -2.30. The minimum absolute atomic E-state index is 0.123. The summed E-state index contributed by atoms with van der Waals surface area (Å²) in [4.78, 5) is 32.7. The fourth-order valence-corrected chi connectivity index (χ4v) is 4.10. The molecule has 1 aromatic heterocycles. The molecule has 1 amide bonds. The van der Waals surface area contributed by atoms with Crippen LogP contribution in [0.3, 0.4) is 0 Å². The summed E-state index contributed by atoms with van der Waals surface area (Å²) in [6, 6.07) is 4.81. The number of unbranched alkanes of at least 4 members (excludes halogenated alkanes) is 6. The maximum Gasteiger partial charge on any atom is 0.261 e. The van der Waals surface area contributed by atoms with Crippen molar-refractivity contribution >= 4 is 28.4 Å². The third-order valence-electron chi connectivity index (χ3n) is 5.83. The Kier molecular flexibility index (Phi) is 10.5. The molecule has 2 aromatic rings. The number of carbonyl (C=O) groups excluding carboxylic acids is 1. The van der Waals surface area contributed by atoms with Crippen LogP contribution in [-0.4, -0.2) is 33.4 Å². The van der Waals surface area contributed by atoms with Gasteiger partial charge in [0.2, 0.25) is 5.91 Å². The molecule has 2 rings (SSSR count). The molecule has 0 aliphatic heterocycles. The number of nitrogens with two attached hydrogens (primary N) is 1. The molecular formula is C24H37ClN4O2. The van der Waals surface area contributed by atoms with Gasteiger partial charge >= 0.3 is 0 Å². The van der Waals surface area contributed by atoms with Gasteiger partial charge in [-0.25, -0.2) is 4.98 Å². The van der Waals surface area contributed by atoms with Crippen molar-refractivity contribution < 1.29 is 4.79 Å². The number of benzene rings is 1. The first-order valence-corrected chi connectivity index (χ1v) is 11.9. The van der Waals surface area contributed by atoms with E-state index in [1.54, 1.807) is 29.8 Å². The number of rotatable bonds is 13. The number of amides is 1. The Morgan fingerprint density at radius 1 is 1.16 bits per heavy atom. The van der Waals surface area contributed by atoms with E-state index < -0.39 is 0 Å². The molecule has 0 saturated carbocycles. The van der Waals surface area contributed by atoms with E-state index in [-0.39, 0.29) is 17.5 Å². The molecule has 31 heavy (non-hydrogen) atoms. The average molecular weight is 449 g/mol. The molecule has 0 bridgehead atoms. The summed E-state index contributed by atoms with van der Waals surface area (Å²) in [5.41, 5.74) is 6.04. The standard InChI is InChI=1S/C24H37ClN4O2/c1-4-5-6-9-12-22(30)29(16-11-8-7-10-15-26)18(2)23-27-21-17-19(25)13-14-20(21)24(31)28(23)3/h13-14,17-18H,4-12,15-16,26H2,1-3H3. The molecule has 0 saturated heterocycles. The third-order valence-corrected chi connectivity index (χ3v) is 6.07. The fraction of sp³-hybridized carbons (Fsp3) is 0.625. The van der Waals surface area contributed by atoms with E-state index in [0.717, 1.165) is 51.4 Å². The van der Waals surface area contributed by atoms with Crippen molar-refractivity contribution in [2.45, 2.75) is 77.7 Å². The van der Waals surface area contributed by atoms with Crippen LogP contribution >= 0.6 is 11.6 Å². The minimum atomic E-state index is -0.297. The number of halogens is 1. The van der Waals surface area contributed by atoms with Gasteiger partial charge in [-0.2, -0.15) is 0 Å². The normalized spacial score (nSPS) is 12.3. The van der Waals surface area contributed by atoms with Gasteiger partial charge in [0, 0.05) is 25.0 Å². The number of aromatic nitrogens is 2. The summed E-state index contributed by atoms with van der Waals surface area (Å²) >= 11 is 6.13. The van der Waals surface area contributed by atoms with Crippen molar-refractivity contribution in [2.75, 3.05) is 13.1 Å². The Morgan fingerprint density at radius 2 is 1.87 bits per heavy atom. The van der Waals surface area contributed by atoms with Crippen LogP contribution in [0.25, 0.3) is 10.9 Å². The van der Waals surface area contributed by atoms with Gasteiger partial charge < -0.3 is 10.6 Å². The summed E-state index contributed by atoms with van der Waals surface area (Å²) in [6.07, 6.45) is 8.78. The Labute approximate surface area is 190 Å². The highest BCUT2D eigenvalue weighted by Gasteiger charge is 2.24. The highest BCUT2D eigenvalue weighted by Crippen LogP contribution is 2.23. The predicted molar refractivity (Wildman–Crippen MR) is 128 cm³/mol. The zero-order valence-electron chi connectivity index (χ0n) is 19.2. The molecule has 1 atom stereocenters. The van der Waals surface area contributed by atoms with Crippen LogP contribution in [0.2, 0.25) is 5.02 Å². The maximum absolute atomic E-state index is 13.1. The average Bonchev–Trinajstić information content (AvgIpc) is 2.75. The molecule has 1 unspecified atom stereocenters. The molecule has 7 heteroatoms. The summed E-state index contributed by atoms with van der Waals surface area (Å²) in [5, 5.41) is 1.07. The lowest BCUT2D eigenvalue weighted by atomic mass is 10.1. The number of hydrogen-bond donors (Lipinski definition) is 1. The second-order valence-corrected chi connectivity index (χ2v) is 8.71. The number of carbonyl (C=O) groups is 1. The topological polar surface area (TPSA) is 81.2 Å². The Balaban J connectivity index is 2.27. The molecule has 2 N–H and O–H groups in total. The van der Waals surface area contributed by atoms with E-state index in [4.69, 9.17) is 22.3 Å². The first-order chi connectivity index (χ1) is 14.9. The first kappa shape index (κ1) is 25.3. The molecule has 0 aliphatic carbocycles. The van der Waals surface area contributed by atoms with E-state index >= 15 is 0 Å². The highest BCUT2D eigenvalue weighted by atomic mass is 35.5. The Bertz CT molecular complexity index is 912. The molecule has 172 valence electrons. The second-order valence-electron chi connectivity index (χ2n) is 8.27. The van der Waals surface area contributed by atoms with Gasteiger partial charge in [-0.05, 0) is 50.9 Å². The van der Waals surface area contributed by atoms with Crippen molar-refractivity contribution in [1.29, 1.82) is 0 Å². The van der Waals surface area contributed by atoms with E-state index in [2.05, 4.69) is 6.92 Å². The van der Waals surface area contributed by atoms with Gasteiger partial charge in [0.05, 0.1) is 16.9 Å². The smallest absolute Gasteiger partial charge is 0.261 e. The zero-order chi connectivity index (χ0) is 22.8. The second kappa shape index (κ2) is 12.8. The summed E-state index contributed by atoms with van der Waals surface area (Å²) < 4.78 is 1.56. The third kappa shape index (κ3) is 7.04. The van der Waals surface area contributed by atoms with Crippen LogP contribution in [-0.2, 0) is 11.8 Å². The Morgan fingerprint density at radius 3 is 2.58 bits per heavy atom. The van der Waals surface area contributed by atoms with Crippen molar-refractivity contribution in [3.63, 3.8) is 0 Å². The maximum atomic E-state index is 13.1. The molecule has 0 radical (unpaired) electrons. The van der Waals surface area contributed by atoms with Crippen LogP contribution < -0.4 is 11.3 Å². The largest absolute Gasteiger partial charge is 0.333 e. The van der Waals surface area contributed by atoms with Crippen molar-refractivity contribution in [2.24, 2.45) is 12.8 Å². The molecule has 1 aromatic carbocycles. The summed E-state index contributed by atoms with van der Waals surface area (Å²) in [5.74, 6) is 0.714. The highest BCUT2D eigenvalue weighted by molar-refractivity contribution is 6.31. The van der Waals surface area contributed by atoms with Gasteiger partial charge in [0.15, 0.2) is 0 Å². The van der Waals surface area contributed by atoms with E-state index in [0.29, 0.717) is 41.3 Å². The van der Waals surface area contributed by atoms with Gasteiger partial charge in [-0.3, -0.25) is 14.2 Å². The molecule has 0 aliphatic rings. The first-order valence-electron chi connectivity index (χ1n) is 11.6. The number of hydrogen-bond acceptors (Lipinski definition) is 4. The zero-order valence-corrected chi connectivity index (χ0v) is 20.0. The van der Waals surface area contributed by atoms with E-state index in [1.165, 1.54) is 0 Å². The van der Waals surface area contributed by atoms with Crippen molar-refractivity contribution in [3.8, 4) is 0 Å². The SMILES string of the molecule is CCCCCCC(=O)N(CCCCCCN)C(C)c1nc2cc(Cl)ccc2c(=O)n1C. The molecule has 0 spiro atoms.